The number of nitrogens with zero attached hydrogens (tertiary/aromatic N) is 2. The molecule has 0 saturated carbocycles. The number of rotatable bonds is 3. The van der Waals surface area contributed by atoms with Gasteiger partial charge in [-0.05, 0) is 6.07 Å². The Morgan fingerprint density at radius 1 is 1.75 bits per heavy atom. The van der Waals surface area contributed by atoms with Crippen LogP contribution in [0.2, 0.25) is 0 Å². The summed E-state index contributed by atoms with van der Waals surface area (Å²) in [5.74, 6) is 0. The largest absolute Gasteiger partial charge is 0.369 e. The first-order chi connectivity index (χ1) is 5.84. The average Bonchev–Trinajstić information content (AvgIpc) is 2.32. The molecule has 4 nitrogen and oxygen atoms in total. The molecular weight excluding hydrogens is 154 g/mol. The van der Waals surface area contributed by atoms with Crippen LogP contribution in [0.15, 0.2) is 12.3 Å². The summed E-state index contributed by atoms with van der Waals surface area (Å²) in [5.41, 5.74) is 1.00. The summed E-state index contributed by atoms with van der Waals surface area (Å²) in [4.78, 5) is 0. The van der Waals surface area contributed by atoms with E-state index >= 15 is 0 Å². The van der Waals surface area contributed by atoms with Crippen LogP contribution in [0.5, 0.6) is 0 Å². The second-order valence-corrected chi connectivity index (χ2v) is 3.07. The zero-order valence-corrected chi connectivity index (χ0v) is 7.16. The van der Waals surface area contributed by atoms with E-state index in [-0.39, 0.29) is 0 Å². The summed E-state index contributed by atoms with van der Waals surface area (Å²) in [6, 6.07) is 1.98. The molecule has 0 aliphatic carbocycles. The fourth-order valence-electron chi connectivity index (χ4n) is 1.12. The standard InChI is InChI=1S/C8H13N3O/c1-11-3-2-7(10-11)6-12-8-4-9-5-8/h2-3,8-9H,4-6H2,1H3. The van der Waals surface area contributed by atoms with Crippen molar-refractivity contribution >= 4 is 0 Å². The normalized spacial score (nSPS) is 17.8. The summed E-state index contributed by atoms with van der Waals surface area (Å²) in [5, 5.41) is 7.36. The Kier molecular flexibility index (Phi) is 2.10. The van der Waals surface area contributed by atoms with Gasteiger partial charge in [0, 0.05) is 26.3 Å². The lowest BCUT2D eigenvalue weighted by atomic mass is 10.2. The van der Waals surface area contributed by atoms with Gasteiger partial charge >= 0.3 is 0 Å². The molecule has 0 bridgehead atoms. The van der Waals surface area contributed by atoms with Crippen molar-refractivity contribution in [1.29, 1.82) is 0 Å². The molecule has 1 fully saturated rings. The number of nitrogens with one attached hydrogen (secondary N) is 1. The molecule has 0 spiro atoms. The van der Waals surface area contributed by atoms with Gasteiger partial charge in [0.1, 0.15) is 0 Å². The van der Waals surface area contributed by atoms with Crippen LogP contribution in [-0.4, -0.2) is 29.0 Å². The van der Waals surface area contributed by atoms with Crippen molar-refractivity contribution in [2.45, 2.75) is 12.7 Å². The monoisotopic (exact) mass is 167 g/mol. The summed E-state index contributed by atoms with van der Waals surface area (Å²) in [6.45, 7) is 2.59. The van der Waals surface area contributed by atoms with E-state index in [1.54, 1.807) is 4.68 Å². The summed E-state index contributed by atoms with van der Waals surface area (Å²) >= 11 is 0. The van der Waals surface area contributed by atoms with Crippen LogP contribution in [0, 0.1) is 0 Å². The Labute approximate surface area is 71.5 Å². The van der Waals surface area contributed by atoms with Crippen molar-refractivity contribution in [2.75, 3.05) is 13.1 Å². The van der Waals surface area contributed by atoms with Crippen LogP contribution in [0.1, 0.15) is 5.69 Å². The number of aryl methyl sites for hydroxylation is 1. The van der Waals surface area contributed by atoms with E-state index in [4.69, 9.17) is 4.74 Å². The highest BCUT2D eigenvalue weighted by molar-refractivity contribution is 4.96. The van der Waals surface area contributed by atoms with Crippen LogP contribution >= 0.6 is 0 Å². The SMILES string of the molecule is Cn1ccc(COC2CNC2)n1. The highest BCUT2D eigenvalue weighted by Crippen LogP contribution is 2.03. The molecule has 0 aromatic carbocycles. The molecule has 1 saturated heterocycles. The second kappa shape index (κ2) is 3.25. The third-order valence-corrected chi connectivity index (χ3v) is 1.98. The fourth-order valence-corrected chi connectivity index (χ4v) is 1.12. The number of aromatic nitrogens is 2. The van der Waals surface area contributed by atoms with E-state index in [1.807, 2.05) is 19.3 Å². The maximum atomic E-state index is 5.54. The van der Waals surface area contributed by atoms with Crippen LogP contribution in [0.25, 0.3) is 0 Å². The molecule has 1 N–H and O–H groups in total. The minimum atomic E-state index is 0.395. The molecule has 0 radical (unpaired) electrons. The highest BCUT2D eigenvalue weighted by atomic mass is 16.5. The van der Waals surface area contributed by atoms with E-state index in [0.717, 1.165) is 18.8 Å². The van der Waals surface area contributed by atoms with Gasteiger partial charge in [-0.1, -0.05) is 0 Å². The molecule has 0 unspecified atom stereocenters. The van der Waals surface area contributed by atoms with Crippen molar-refractivity contribution in [3.63, 3.8) is 0 Å². The average molecular weight is 167 g/mol. The number of hydrogen-bond donors (Lipinski definition) is 1. The van der Waals surface area contributed by atoms with E-state index < -0.39 is 0 Å². The van der Waals surface area contributed by atoms with Gasteiger partial charge in [0.25, 0.3) is 0 Å². The van der Waals surface area contributed by atoms with Crippen molar-refractivity contribution in [3.05, 3.63) is 18.0 Å². The molecule has 1 aromatic heterocycles. The molecule has 1 aromatic rings. The maximum absolute atomic E-state index is 5.54. The first-order valence-corrected chi connectivity index (χ1v) is 4.15. The Balaban J connectivity index is 1.79. The van der Waals surface area contributed by atoms with Gasteiger partial charge in [-0.25, -0.2) is 0 Å². The van der Waals surface area contributed by atoms with Gasteiger partial charge in [-0.2, -0.15) is 5.10 Å². The molecular formula is C8H13N3O. The third-order valence-electron chi connectivity index (χ3n) is 1.98. The van der Waals surface area contributed by atoms with Gasteiger partial charge in [-0.3, -0.25) is 4.68 Å². The molecule has 1 aliphatic rings. The molecule has 2 rings (SSSR count). The highest BCUT2D eigenvalue weighted by Gasteiger charge is 2.16. The first-order valence-electron chi connectivity index (χ1n) is 4.15. The lowest BCUT2D eigenvalue weighted by Crippen LogP contribution is -2.48. The topological polar surface area (TPSA) is 39.1 Å². The van der Waals surface area contributed by atoms with Gasteiger partial charge < -0.3 is 10.1 Å². The molecule has 12 heavy (non-hydrogen) atoms. The molecule has 4 heteroatoms. The fraction of sp³-hybridized carbons (Fsp3) is 0.625. The Morgan fingerprint density at radius 2 is 2.58 bits per heavy atom. The van der Waals surface area contributed by atoms with Crippen LogP contribution in [-0.2, 0) is 18.4 Å². The van der Waals surface area contributed by atoms with E-state index in [0.29, 0.717) is 12.7 Å². The summed E-state index contributed by atoms with van der Waals surface area (Å²) in [6.07, 6.45) is 2.32. The van der Waals surface area contributed by atoms with Crippen LogP contribution in [0.3, 0.4) is 0 Å². The molecule has 1 aliphatic heterocycles. The quantitative estimate of drug-likeness (QED) is 0.683. The Morgan fingerprint density at radius 3 is 3.08 bits per heavy atom. The van der Waals surface area contributed by atoms with Gasteiger partial charge in [0.15, 0.2) is 0 Å². The zero-order valence-electron chi connectivity index (χ0n) is 7.16. The van der Waals surface area contributed by atoms with Gasteiger partial charge in [-0.15, -0.1) is 0 Å². The lowest BCUT2D eigenvalue weighted by molar-refractivity contribution is 0.00588. The summed E-state index contributed by atoms with van der Waals surface area (Å²) in [7, 11) is 1.91. The van der Waals surface area contributed by atoms with Crippen molar-refractivity contribution in [3.8, 4) is 0 Å². The smallest absolute Gasteiger partial charge is 0.0911 e. The second-order valence-electron chi connectivity index (χ2n) is 3.07. The van der Waals surface area contributed by atoms with Crippen molar-refractivity contribution < 1.29 is 4.74 Å². The Hall–Kier alpha value is -0.870. The van der Waals surface area contributed by atoms with E-state index in [1.165, 1.54) is 0 Å². The van der Waals surface area contributed by atoms with Crippen LogP contribution < -0.4 is 5.32 Å². The molecule has 0 amide bonds. The summed E-state index contributed by atoms with van der Waals surface area (Å²) < 4.78 is 7.33. The molecule has 0 atom stereocenters. The molecule has 2 heterocycles. The third kappa shape index (κ3) is 1.65. The zero-order chi connectivity index (χ0) is 8.39. The molecule has 66 valence electrons. The van der Waals surface area contributed by atoms with Crippen molar-refractivity contribution in [1.82, 2.24) is 15.1 Å². The van der Waals surface area contributed by atoms with Gasteiger partial charge in [0.05, 0.1) is 18.4 Å². The van der Waals surface area contributed by atoms with E-state index in [9.17, 15) is 0 Å². The van der Waals surface area contributed by atoms with Gasteiger partial charge in [0.2, 0.25) is 0 Å². The number of hydrogen-bond acceptors (Lipinski definition) is 3. The number of ether oxygens (including phenoxy) is 1. The Bertz CT molecular complexity index is 255. The predicted octanol–water partition coefficient (Wildman–Crippen LogP) is -0.0915. The van der Waals surface area contributed by atoms with Crippen LogP contribution in [0.4, 0.5) is 0 Å². The maximum Gasteiger partial charge on any atom is 0.0911 e. The first kappa shape index (κ1) is 7.76. The van der Waals surface area contributed by atoms with Crippen molar-refractivity contribution in [2.24, 2.45) is 7.05 Å². The lowest BCUT2D eigenvalue weighted by Gasteiger charge is -2.26. The predicted molar refractivity (Wildman–Crippen MR) is 44.7 cm³/mol. The minimum Gasteiger partial charge on any atom is -0.369 e. The van der Waals surface area contributed by atoms with E-state index in [2.05, 4.69) is 10.4 Å². The minimum absolute atomic E-state index is 0.395.